The Morgan fingerprint density at radius 2 is 1.86 bits per heavy atom. The Balaban J connectivity index is 1.40. The number of carbonyl (C=O) groups is 3. The molecule has 0 aliphatic carbocycles. The average Bonchev–Trinajstić information content (AvgIpc) is 3.62. The van der Waals surface area contributed by atoms with E-state index in [2.05, 4.69) is 25.3 Å². The van der Waals surface area contributed by atoms with E-state index in [9.17, 15) is 14.4 Å². The molecule has 2 aliphatic rings. The third kappa shape index (κ3) is 3.61. The molecule has 2 saturated heterocycles. The molecule has 2 bridgehead atoms. The summed E-state index contributed by atoms with van der Waals surface area (Å²) in [6.45, 7) is 1.46. The van der Waals surface area contributed by atoms with Gasteiger partial charge >= 0.3 is 5.97 Å². The minimum absolute atomic E-state index is 0.0162. The number of nitrogens with two attached hydrogens (primary N) is 1. The van der Waals surface area contributed by atoms with Crippen LogP contribution in [0.3, 0.4) is 0 Å². The maximum absolute atomic E-state index is 13.0. The molecule has 13 nitrogen and oxygen atoms in total. The summed E-state index contributed by atoms with van der Waals surface area (Å²) in [7, 11) is 0. The lowest BCUT2D eigenvalue weighted by Gasteiger charge is -2.38. The highest BCUT2D eigenvalue weighted by molar-refractivity contribution is 6.00. The summed E-state index contributed by atoms with van der Waals surface area (Å²) in [5.74, 6) is -1.17. The smallest absolute Gasteiger partial charge is 0.354 e. The van der Waals surface area contributed by atoms with Gasteiger partial charge in [-0.15, -0.1) is 0 Å². The van der Waals surface area contributed by atoms with Crippen LogP contribution in [0.1, 0.15) is 75.7 Å². The summed E-state index contributed by atoms with van der Waals surface area (Å²) in [4.78, 5) is 51.8. The molecule has 188 valence electrons. The third-order valence-corrected chi connectivity index (χ3v) is 7.33. The number of carboxylic acid groups (broad SMARTS) is 1. The number of rotatable bonds is 5. The van der Waals surface area contributed by atoms with Crippen molar-refractivity contribution in [3.8, 4) is 11.1 Å². The molecule has 2 aliphatic heterocycles. The number of aromatic nitrogens is 7. The minimum atomic E-state index is -1.12. The number of fused-ring (bicyclic) bond motifs is 3. The van der Waals surface area contributed by atoms with Gasteiger partial charge in [0.1, 0.15) is 17.8 Å². The molecule has 1 amide bonds. The molecule has 0 aromatic carbocycles. The zero-order valence-electron chi connectivity index (χ0n) is 19.8. The van der Waals surface area contributed by atoms with Crippen molar-refractivity contribution in [2.45, 2.75) is 50.6 Å². The van der Waals surface area contributed by atoms with Crippen LogP contribution in [-0.4, -0.2) is 74.5 Å². The first-order valence-electron chi connectivity index (χ1n) is 11.9. The average molecular weight is 502 g/mol. The van der Waals surface area contributed by atoms with Crippen LogP contribution >= 0.6 is 0 Å². The molecular weight excluding hydrogens is 478 g/mol. The molecule has 0 spiro atoms. The number of anilines is 1. The number of amides is 1. The Morgan fingerprint density at radius 3 is 2.46 bits per heavy atom. The molecule has 6 heterocycles. The van der Waals surface area contributed by atoms with E-state index in [-0.39, 0.29) is 47.0 Å². The van der Waals surface area contributed by atoms with E-state index in [1.165, 1.54) is 30.0 Å². The number of nitrogens with zero attached hydrogens (tertiary/aromatic N) is 7. The highest BCUT2D eigenvalue weighted by Crippen LogP contribution is 2.45. The topological polar surface area (TPSA) is 185 Å². The van der Waals surface area contributed by atoms with Gasteiger partial charge in [-0.1, -0.05) is 6.07 Å². The van der Waals surface area contributed by atoms with Crippen molar-refractivity contribution in [1.82, 2.24) is 39.7 Å². The number of pyridine rings is 1. The van der Waals surface area contributed by atoms with Crippen LogP contribution < -0.4 is 5.73 Å². The van der Waals surface area contributed by atoms with E-state index in [1.54, 1.807) is 12.3 Å². The fourth-order valence-corrected chi connectivity index (χ4v) is 5.74. The second kappa shape index (κ2) is 8.47. The van der Waals surface area contributed by atoms with Gasteiger partial charge in [0, 0.05) is 35.3 Å². The number of aromatic amines is 1. The number of hydrogen-bond acceptors (Lipinski definition) is 9. The highest BCUT2D eigenvalue weighted by atomic mass is 16.4. The Morgan fingerprint density at radius 1 is 1.11 bits per heavy atom. The van der Waals surface area contributed by atoms with Gasteiger partial charge in [-0.2, -0.15) is 14.7 Å². The molecule has 4 aromatic heterocycles. The molecule has 4 N–H and O–H groups in total. The van der Waals surface area contributed by atoms with Gasteiger partial charge in [0.15, 0.2) is 11.4 Å². The van der Waals surface area contributed by atoms with Crippen molar-refractivity contribution < 1.29 is 19.5 Å². The Bertz CT molecular complexity index is 1530. The summed E-state index contributed by atoms with van der Waals surface area (Å²) in [5, 5.41) is 20.0. The number of hydrogen-bond donors (Lipinski definition) is 3. The number of nitrogens with one attached hydrogen (secondary N) is 1. The van der Waals surface area contributed by atoms with Gasteiger partial charge in [-0.25, -0.2) is 19.7 Å². The van der Waals surface area contributed by atoms with Crippen LogP contribution in [0.25, 0.3) is 16.8 Å². The van der Waals surface area contributed by atoms with Crippen molar-refractivity contribution in [3.05, 3.63) is 53.6 Å². The minimum Gasteiger partial charge on any atom is -0.477 e. The van der Waals surface area contributed by atoms with Gasteiger partial charge in [0.05, 0.1) is 17.5 Å². The van der Waals surface area contributed by atoms with E-state index < -0.39 is 5.97 Å². The quantitative estimate of drug-likeness (QED) is 0.341. The molecule has 4 aromatic rings. The molecule has 1 unspecified atom stereocenters. The first kappa shape index (κ1) is 22.8. The Kier molecular flexibility index (Phi) is 5.21. The highest BCUT2D eigenvalue weighted by Gasteiger charge is 2.45. The summed E-state index contributed by atoms with van der Waals surface area (Å²) in [6.07, 6.45) is 7.32. The number of piperidine rings is 1. The molecule has 37 heavy (non-hydrogen) atoms. The van der Waals surface area contributed by atoms with Crippen molar-refractivity contribution in [2.24, 2.45) is 0 Å². The number of aromatic carboxylic acids is 1. The van der Waals surface area contributed by atoms with Crippen LogP contribution in [0.15, 0.2) is 30.9 Å². The molecule has 0 radical (unpaired) electrons. The molecule has 6 rings (SSSR count). The zero-order chi connectivity index (χ0) is 25.8. The van der Waals surface area contributed by atoms with Crippen LogP contribution in [0.2, 0.25) is 0 Å². The monoisotopic (exact) mass is 501 g/mol. The van der Waals surface area contributed by atoms with Gasteiger partial charge < -0.3 is 15.7 Å². The summed E-state index contributed by atoms with van der Waals surface area (Å²) >= 11 is 0. The number of carbonyl (C=O) groups excluding carboxylic acids is 2. The third-order valence-electron chi connectivity index (χ3n) is 7.33. The Hall–Kier alpha value is -4.68. The fraction of sp³-hybridized carbons (Fsp3) is 0.333. The van der Waals surface area contributed by atoms with E-state index in [0.29, 0.717) is 40.9 Å². The molecule has 2 fully saturated rings. The summed E-state index contributed by atoms with van der Waals surface area (Å²) < 4.78 is 1.43. The Labute approximate surface area is 209 Å². The summed E-state index contributed by atoms with van der Waals surface area (Å²) in [5.41, 5.74) is 9.02. The first-order chi connectivity index (χ1) is 17.8. The predicted molar refractivity (Wildman–Crippen MR) is 129 cm³/mol. The lowest BCUT2D eigenvalue weighted by molar-refractivity contribution is 0.0555. The maximum atomic E-state index is 13.0. The number of carboxylic acids is 1. The fourth-order valence-electron chi connectivity index (χ4n) is 5.74. The maximum Gasteiger partial charge on any atom is 0.354 e. The molecule has 3 atom stereocenters. The normalized spacial score (nSPS) is 20.9. The van der Waals surface area contributed by atoms with Gasteiger partial charge in [-0.05, 0) is 38.7 Å². The SMILES string of the molecule is CC(=O)c1c(C2C[C@H]3CC[C@@H](C2)N3C(=O)c2ncn[nH]2)nc2c(-c3ccc(C(=O)O)nc3)cnn2c1N. The standard InChI is InChI=1S/C24H23N9O4/c1-11(34)18-19(13-6-14-3-4-15(7-13)32(14)23(35)21-27-10-28-31-21)30-22-16(9-29-33(22)20(18)25)12-2-5-17(24(36)37)26-8-12/h2,5,8-10,13-15H,3-4,6-7,25H2,1H3,(H,36,37)(H,27,28,31)/t13?,14-,15+. The summed E-state index contributed by atoms with van der Waals surface area (Å²) in [6, 6.07) is 3.02. The van der Waals surface area contributed by atoms with Gasteiger partial charge in [0.2, 0.25) is 5.82 Å². The van der Waals surface area contributed by atoms with Gasteiger partial charge in [0.25, 0.3) is 5.91 Å². The van der Waals surface area contributed by atoms with Crippen molar-refractivity contribution in [2.75, 3.05) is 5.73 Å². The number of nitrogen functional groups attached to an aromatic ring is 1. The van der Waals surface area contributed by atoms with Crippen LogP contribution in [-0.2, 0) is 0 Å². The molecule has 0 saturated carbocycles. The van der Waals surface area contributed by atoms with Crippen LogP contribution in [0.4, 0.5) is 5.82 Å². The van der Waals surface area contributed by atoms with E-state index in [1.807, 2.05) is 4.90 Å². The van der Waals surface area contributed by atoms with Crippen LogP contribution in [0, 0.1) is 0 Å². The lowest BCUT2D eigenvalue weighted by atomic mass is 9.85. The van der Waals surface area contributed by atoms with Crippen LogP contribution in [0.5, 0.6) is 0 Å². The molecule has 13 heteroatoms. The van der Waals surface area contributed by atoms with Gasteiger partial charge in [-0.3, -0.25) is 14.7 Å². The predicted octanol–water partition coefficient (Wildman–Crippen LogP) is 1.94. The van der Waals surface area contributed by atoms with E-state index >= 15 is 0 Å². The van der Waals surface area contributed by atoms with E-state index in [0.717, 1.165) is 12.8 Å². The van der Waals surface area contributed by atoms with Crippen molar-refractivity contribution >= 4 is 29.1 Å². The largest absolute Gasteiger partial charge is 0.477 e. The lowest BCUT2D eigenvalue weighted by Crippen LogP contribution is -2.46. The van der Waals surface area contributed by atoms with Crippen molar-refractivity contribution in [3.63, 3.8) is 0 Å². The van der Waals surface area contributed by atoms with E-state index in [4.69, 9.17) is 15.8 Å². The number of H-pyrrole nitrogens is 1. The zero-order valence-corrected chi connectivity index (χ0v) is 19.8. The second-order valence-corrected chi connectivity index (χ2v) is 9.44. The number of Topliss-reactive ketones (excluding diaryl/α,β-unsaturated/α-hetero) is 1. The number of ketones is 1. The molecular formula is C24H23N9O4. The van der Waals surface area contributed by atoms with Crippen molar-refractivity contribution in [1.29, 1.82) is 0 Å². The second-order valence-electron chi connectivity index (χ2n) is 9.44. The first-order valence-corrected chi connectivity index (χ1v) is 11.9.